The SMILES string of the molecule is COCc1ccc(C([N+](=O)[O-])S(=O)[O-])s1. The van der Waals surface area contributed by atoms with Crippen molar-refractivity contribution in [2.45, 2.75) is 12.0 Å². The third-order valence-electron chi connectivity index (χ3n) is 1.59. The molecule has 0 N–H and O–H groups in total. The van der Waals surface area contributed by atoms with Crippen LogP contribution in [0.2, 0.25) is 0 Å². The van der Waals surface area contributed by atoms with Crippen LogP contribution in [-0.2, 0) is 22.4 Å². The Balaban J connectivity index is 2.92. The van der Waals surface area contributed by atoms with Crippen LogP contribution in [0.3, 0.4) is 0 Å². The van der Waals surface area contributed by atoms with Gasteiger partial charge in [0.25, 0.3) is 0 Å². The molecule has 6 nitrogen and oxygen atoms in total. The molecule has 0 aliphatic rings. The molecule has 0 bridgehead atoms. The van der Waals surface area contributed by atoms with E-state index in [-0.39, 0.29) is 4.88 Å². The molecule has 0 saturated carbocycles. The van der Waals surface area contributed by atoms with Gasteiger partial charge in [-0.15, -0.1) is 11.3 Å². The highest BCUT2D eigenvalue weighted by atomic mass is 32.2. The van der Waals surface area contributed by atoms with Gasteiger partial charge in [-0.1, -0.05) is 0 Å². The molecule has 1 aromatic heterocycles. The third-order valence-corrected chi connectivity index (χ3v) is 3.64. The predicted octanol–water partition coefficient (Wildman–Crippen LogP) is 1.05. The van der Waals surface area contributed by atoms with Crippen molar-refractivity contribution in [1.82, 2.24) is 0 Å². The van der Waals surface area contributed by atoms with E-state index in [0.717, 1.165) is 16.2 Å². The second kappa shape index (κ2) is 5.31. The summed E-state index contributed by atoms with van der Waals surface area (Å²) in [6.45, 7) is 0.320. The smallest absolute Gasteiger partial charge is 0.307 e. The molecule has 0 fully saturated rings. The minimum atomic E-state index is -2.75. The second-order valence-electron chi connectivity index (χ2n) is 2.64. The molecule has 0 aromatic carbocycles. The first-order valence-corrected chi connectivity index (χ1v) is 5.81. The minimum absolute atomic E-state index is 0.195. The van der Waals surface area contributed by atoms with Crippen LogP contribution in [0.1, 0.15) is 15.1 Å². The van der Waals surface area contributed by atoms with E-state index in [0.29, 0.717) is 6.61 Å². The summed E-state index contributed by atoms with van der Waals surface area (Å²) >= 11 is -1.69. The van der Waals surface area contributed by atoms with E-state index in [9.17, 15) is 18.9 Å². The van der Waals surface area contributed by atoms with Crippen molar-refractivity contribution in [3.8, 4) is 0 Å². The monoisotopic (exact) mass is 250 g/mol. The highest BCUT2D eigenvalue weighted by molar-refractivity contribution is 7.79. The summed E-state index contributed by atoms with van der Waals surface area (Å²) in [4.78, 5) is 10.6. The van der Waals surface area contributed by atoms with Gasteiger partial charge < -0.3 is 9.29 Å². The lowest BCUT2D eigenvalue weighted by Gasteiger charge is -2.09. The molecule has 15 heavy (non-hydrogen) atoms. The number of rotatable bonds is 5. The Hall–Kier alpha value is -0.830. The maximum atomic E-state index is 10.6. The van der Waals surface area contributed by atoms with E-state index in [1.165, 1.54) is 13.2 Å². The zero-order valence-corrected chi connectivity index (χ0v) is 9.38. The molecule has 0 saturated heterocycles. The van der Waals surface area contributed by atoms with E-state index in [4.69, 9.17) is 4.74 Å². The maximum absolute atomic E-state index is 10.6. The Bertz CT molecular complexity index is 363. The van der Waals surface area contributed by atoms with E-state index < -0.39 is 21.4 Å². The summed E-state index contributed by atoms with van der Waals surface area (Å²) in [6.07, 6.45) is 0. The van der Waals surface area contributed by atoms with Crippen LogP contribution in [-0.4, -0.2) is 20.8 Å². The quantitative estimate of drug-likeness (QED) is 0.442. The second-order valence-corrected chi connectivity index (χ2v) is 4.80. The molecule has 0 aliphatic carbocycles. The number of hydrogen-bond acceptors (Lipinski definition) is 6. The van der Waals surface area contributed by atoms with E-state index >= 15 is 0 Å². The van der Waals surface area contributed by atoms with Gasteiger partial charge in [0.1, 0.15) is 0 Å². The molecule has 1 aromatic rings. The van der Waals surface area contributed by atoms with Gasteiger partial charge in [0, 0.05) is 28.0 Å². The number of nitro groups is 1. The van der Waals surface area contributed by atoms with Gasteiger partial charge in [-0.3, -0.25) is 14.3 Å². The molecule has 0 radical (unpaired) electrons. The lowest BCUT2D eigenvalue weighted by atomic mass is 10.4. The van der Waals surface area contributed by atoms with Crippen molar-refractivity contribution in [3.05, 3.63) is 32.0 Å². The molecule has 84 valence electrons. The fourth-order valence-corrected chi connectivity index (χ4v) is 2.74. The molecular formula is C7H8NO5S2-. The van der Waals surface area contributed by atoms with Crippen molar-refractivity contribution in [3.63, 3.8) is 0 Å². The van der Waals surface area contributed by atoms with Crippen LogP contribution >= 0.6 is 11.3 Å². The Morgan fingerprint density at radius 3 is 2.80 bits per heavy atom. The van der Waals surface area contributed by atoms with Crippen LogP contribution in [0.25, 0.3) is 0 Å². The predicted molar refractivity (Wildman–Crippen MR) is 53.7 cm³/mol. The molecule has 1 rings (SSSR count). The van der Waals surface area contributed by atoms with E-state index in [1.54, 1.807) is 6.07 Å². The summed E-state index contributed by atoms with van der Waals surface area (Å²) in [7, 11) is 1.50. The largest absolute Gasteiger partial charge is 0.767 e. The molecule has 0 amide bonds. The molecule has 1 heterocycles. The van der Waals surface area contributed by atoms with Crippen LogP contribution in [0.15, 0.2) is 12.1 Å². The fourth-order valence-electron chi connectivity index (χ4n) is 1.02. The first kappa shape index (κ1) is 12.2. The molecule has 0 spiro atoms. The summed E-state index contributed by atoms with van der Waals surface area (Å²) in [5, 5.41) is 8.82. The zero-order chi connectivity index (χ0) is 11.4. The molecule has 8 heteroatoms. The highest BCUT2D eigenvalue weighted by Crippen LogP contribution is 2.27. The molecule has 2 unspecified atom stereocenters. The number of hydrogen-bond donors (Lipinski definition) is 0. The Morgan fingerprint density at radius 2 is 2.33 bits per heavy atom. The van der Waals surface area contributed by atoms with Gasteiger partial charge >= 0.3 is 5.37 Å². The van der Waals surface area contributed by atoms with Crippen molar-refractivity contribution in [1.29, 1.82) is 0 Å². The number of methoxy groups -OCH3 is 1. The lowest BCUT2D eigenvalue weighted by molar-refractivity contribution is -0.502. The molecule has 2 atom stereocenters. The number of thiophene rings is 1. The topological polar surface area (TPSA) is 92.5 Å². The van der Waals surface area contributed by atoms with Gasteiger partial charge in [0.05, 0.1) is 11.5 Å². The maximum Gasteiger partial charge on any atom is 0.307 e. The van der Waals surface area contributed by atoms with Crippen LogP contribution in [0.4, 0.5) is 0 Å². The van der Waals surface area contributed by atoms with Crippen LogP contribution < -0.4 is 0 Å². The summed E-state index contributed by atoms with van der Waals surface area (Å²) in [5.74, 6) is 0. The van der Waals surface area contributed by atoms with Crippen molar-refractivity contribution >= 4 is 22.4 Å². The zero-order valence-electron chi connectivity index (χ0n) is 7.74. The Morgan fingerprint density at radius 1 is 1.67 bits per heavy atom. The van der Waals surface area contributed by atoms with Crippen molar-refractivity contribution in [2.24, 2.45) is 0 Å². The number of nitrogens with zero attached hydrogens (tertiary/aromatic N) is 1. The first-order chi connectivity index (χ1) is 7.06. The van der Waals surface area contributed by atoms with Gasteiger partial charge in [-0.05, 0) is 12.1 Å². The first-order valence-electron chi connectivity index (χ1n) is 3.85. The standard InChI is InChI=1S/C7H9NO5S2/c1-13-4-5-2-3-6(14-5)7(8(9)10)15(11)12/h2-3,7H,4H2,1H3,(H,11,12)/p-1. The van der Waals surface area contributed by atoms with Gasteiger partial charge in [-0.25, -0.2) is 0 Å². The average molecular weight is 250 g/mol. The molecule has 0 aliphatic heterocycles. The number of ether oxygens (including phenoxy) is 1. The normalized spacial score (nSPS) is 14.8. The summed E-state index contributed by atoms with van der Waals surface area (Å²) in [5.41, 5.74) is 0. The van der Waals surface area contributed by atoms with Crippen molar-refractivity contribution in [2.75, 3.05) is 7.11 Å². The lowest BCUT2D eigenvalue weighted by Crippen LogP contribution is -2.14. The van der Waals surface area contributed by atoms with Gasteiger partial charge in [0.2, 0.25) is 0 Å². The average Bonchev–Trinajstić information content (AvgIpc) is 2.52. The Labute approximate surface area is 92.3 Å². The third kappa shape index (κ3) is 3.06. The van der Waals surface area contributed by atoms with Crippen molar-refractivity contribution < 1.29 is 18.4 Å². The van der Waals surface area contributed by atoms with Gasteiger partial charge in [0.15, 0.2) is 0 Å². The van der Waals surface area contributed by atoms with Crippen LogP contribution in [0, 0.1) is 10.1 Å². The van der Waals surface area contributed by atoms with Crippen LogP contribution in [0.5, 0.6) is 0 Å². The summed E-state index contributed by atoms with van der Waals surface area (Å²) < 4.78 is 26.1. The molecular weight excluding hydrogens is 242 g/mol. The van der Waals surface area contributed by atoms with Gasteiger partial charge in [-0.2, -0.15) is 0 Å². The van der Waals surface area contributed by atoms with E-state index in [2.05, 4.69) is 0 Å². The van der Waals surface area contributed by atoms with E-state index in [1.807, 2.05) is 0 Å². The minimum Gasteiger partial charge on any atom is -0.767 e. The summed E-state index contributed by atoms with van der Waals surface area (Å²) in [6, 6.07) is 3.05. The fraction of sp³-hybridized carbons (Fsp3) is 0.429. The highest BCUT2D eigenvalue weighted by Gasteiger charge is 2.25. The Kier molecular flexibility index (Phi) is 4.33.